The molecule has 6 nitrogen and oxygen atoms in total. The smallest absolute Gasteiger partial charge is 0.305 e. The average Bonchev–Trinajstić information content (AvgIpc) is 3.28. The van der Waals surface area contributed by atoms with E-state index in [0.717, 1.165) is 44.9 Å². The highest BCUT2D eigenvalue weighted by atomic mass is 16.5. The van der Waals surface area contributed by atoms with E-state index in [2.05, 4.69) is 31.3 Å². The molecule has 3 N–H and O–H groups in total. The summed E-state index contributed by atoms with van der Waals surface area (Å²) < 4.78 is 5.46. The predicted octanol–water partition coefficient (Wildman–Crippen LogP) is 17.1. The summed E-state index contributed by atoms with van der Waals surface area (Å²) in [6.07, 6.45) is 63.5. The van der Waals surface area contributed by atoms with Crippen LogP contribution in [0, 0.1) is 0 Å². The molecular weight excluding hydrogens is 779 g/mol. The Bertz CT molecular complexity index is 982. The number of hydrogen-bond acceptors (Lipinski definition) is 5. The minimum atomic E-state index is -0.842. The van der Waals surface area contributed by atoms with Gasteiger partial charge in [-0.3, -0.25) is 9.59 Å². The van der Waals surface area contributed by atoms with E-state index in [4.69, 9.17) is 4.74 Å². The highest BCUT2D eigenvalue weighted by Crippen LogP contribution is 2.17. The monoisotopic (exact) mass is 888 g/mol. The van der Waals surface area contributed by atoms with Gasteiger partial charge in [-0.1, -0.05) is 256 Å². The zero-order valence-electron chi connectivity index (χ0n) is 42.3. The molecule has 0 aliphatic carbocycles. The number of rotatable bonds is 52. The number of aliphatic hydroxyl groups is 2. The number of carbonyl (C=O) groups excluding carboxylic acids is 2. The Labute approximate surface area is 392 Å². The van der Waals surface area contributed by atoms with Crippen molar-refractivity contribution in [3.8, 4) is 0 Å². The summed E-state index contributed by atoms with van der Waals surface area (Å²) in [6.45, 7) is 4.87. The predicted molar refractivity (Wildman–Crippen MR) is 273 cm³/mol. The number of esters is 1. The van der Waals surface area contributed by atoms with Gasteiger partial charge in [0.15, 0.2) is 0 Å². The van der Waals surface area contributed by atoms with Crippen LogP contribution in [0.25, 0.3) is 0 Å². The van der Waals surface area contributed by atoms with Gasteiger partial charge < -0.3 is 20.3 Å². The van der Waals surface area contributed by atoms with Crippen molar-refractivity contribution in [3.63, 3.8) is 0 Å². The lowest BCUT2D eigenvalue weighted by molar-refractivity contribution is -0.143. The average molecular weight is 889 g/mol. The fourth-order valence-corrected chi connectivity index (χ4v) is 8.63. The molecule has 0 saturated heterocycles. The van der Waals surface area contributed by atoms with Gasteiger partial charge in [0.05, 0.1) is 25.4 Å². The van der Waals surface area contributed by atoms with E-state index < -0.39 is 12.1 Å². The third-order valence-corrected chi connectivity index (χ3v) is 13.0. The molecule has 0 saturated carbocycles. The Morgan fingerprint density at radius 1 is 0.429 bits per heavy atom. The van der Waals surface area contributed by atoms with Gasteiger partial charge in [0, 0.05) is 12.8 Å². The van der Waals surface area contributed by atoms with E-state index in [0.29, 0.717) is 19.4 Å². The third kappa shape index (κ3) is 49.6. The molecule has 0 spiro atoms. The Morgan fingerprint density at radius 2 is 0.746 bits per heavy atom. The molecule has 372 valence electrons. The number of hydrogen-bond donors (Lipinski definition) is 3. The number of aliphatic hydroxyl groups excluding tert-OH is 2. The van der Waals surface area contributed by atoms with Crippen molar-refractivity contribution in [2.45, 2.75) is 315 Å². The Kier molecular flexibility index (Phi) is 51.6. The van der Waals surface area contributed by atoms with Crippen LogP contribution in [0.1, 0.15) is 303 Å². The summed E-state index contributed by atoms with van der Waals surface area (Å²) in [5, 5.41) is 23.0. The van der Waals surface area contributed by atoms with Gasteiger partial charge in [-0.2, -0.15) is 0 Å². The Balaban J connectivity index is 3.38. The quantitative estimate of drug-likeness (QED) is 0.0321. The van der Waals surface area contributed by atoms with Crippen LogP contribution in [0.2, 0.25) is 0 Å². The molecule has 0 fully saturated rings. The van der Waals surface area contributed by atoms with Crippen molar-refractivity contribution in [2.75, 3.05) is 13.2 Å². The van der Waals surface area contributed by atoms with Gasteiger partial charge >= 0.3 is 5.97 Å². The molecule has 0 aliphatic rings. The van der Waals surface area contributed by atoms with E-state index in [9.17, 15) is 19.8 Å². The lowest BCUT2D eigenvalue weighted by Gasteiger charge is -2.20. The zero-order chi connectivity index (χ0) is 45.8. The second kappa shape index (κ2) is 53.0. The largest absolute Gasteiger partial charge is 0.466 e. The lowest BCUT2D eigenvalue weighted by Crippen LogP contribution is -2.45. The Hall–Kier alpha value is -1.66. The molecule has 2 atom stereocenters. The van der Waals surface area contributed by atoms with Crippen molar-refractivity contribution in [2.24, 2.45) is 0 Å². The number of allylic oxidation sites excluding steroid dienone is 3. The molecule has 0 heterocycles. The second-order valence-corrected chi connectivity index (χ2v) is 19.3. The second-order valence-electron chi connectivity index (χ2n) is 19.3. The SMILES string of the molecule is CCCCC/C=C\CCCCCCCC(=O)OCCCCCCCCCCCCCCCCCCCCCCCCCC(=O)NC(CO)C(O)/C=C/CCCCCCCCCCC. The fraction of sp³-hybridized carbons (Fsp3) is 0.895. The van der Waals surface area contributed by atoms with Gasteiger partial charge in [-0.25, -0.2) is 0 Å². The number of ether oxygens (including phenoxy) is 1. The van der Waals surface area contributed by atoms with Gasteiger partial charge in [-0.15, -0.1) is 0 Å². The molecule has 6 heteroatoms. The first-order valence-electron chi connectivity index (χ1n) is 28.1. The van der Waals surface area contributed by atoms with Crippen molar-refractivity contribution in [1.29, 1.82) is 0 Å². The van der Waals surface area contributed by atoms with Crippen LogP contribution < -0.4 is 5.32 Å². The third-order valence-electron chi connectivity index (χ3n) is 13.0. The summed E-state index contributed by atoms with van der Waals surface area (Å²) in [6, 6.07) is -0.625. The first-order valence-corrected chi connectivity index (χ1v) is 28.1. The summed E-state index contributed by atoms with van der Waals surface area (Å²) in [7, 11) is 0. The standard InChI is InChI=1S/C57H109NO5/c1-3-5-7-9-11-13-15-31-35-39-43-47-51-57(62)63-52-48-44-40-36-32-28-26-24-22-20-18-16-17-19-21-23-25-27-30-34-38-42-46-50-56(61)58-54(53-59)55(60)49-45-41-37-33-29-14-12-10-8-6-4-2/h11,13,45,49,54-55,59-60H,3-10,12,14-44,46-48,50-53H2,1-2H3,(H,58,61)/b13-11-,49-45+. The molecule has 0 bridgehead atoms. The molecule has 0 rings (SSSR count). The molecule has 1 amide bonds. The highest BCUT2D eigenvalue weighted by molar-refractivity contribution is 5.76. The van der Waals surface area contributed by atoms with E-state index in [1.54, 1.807) is 6.08 Å². The molecule has 0 aromatic carbocycles. The van der Waals surface area contributed by atoms with Crippen molar-refractivity contribution in [1.82, 2.24) is 5.32 Å². The van der Waals surface area contributed by atoms with E-state index in [1.807, 2.05) is 6.08 Å². The lowest BCUT2D eigenvalue weighted by atomic mass is 10.0. The molecule has 0 radical (unpaired) electrons. The van der Waals surface area contributed by atoms with Crippen LogP contribution >= 0.6 is 0 Å². The van der Waals surface area contributed by atoms with E-state index in [1.165, 1.54) is 231 Å². The molecule has 0 aliphatic heterocycles. The number of unbranched alkanes of at least 4 members (excludes halogenated alkanes) is 39. The van der Waals surface area contributed by atoms with Crippen LogP contribution in [0.5, 0.6) is 0 Å². The first-order chi connectivity index (χ1) is 31.0. The maximum atomic E-state index is 12.4. The molecule has 0 aromatic heterocycles. The maximum Gasteiger partial charge on any atom is 0.305 e. The van der Waals surface area contributed by atoms with E-state index in [-0.39, 0.29) is 18.5 Å². The number of nitrogens with one attached hydrogen (secondary N) is 1. The summed E-state index contributed by atoms with van der Waals surface area (Å²) in [4.78, 5) is 24.4. The van der Waals surface area contributed by atoms with Gasteiger partial charge in [0.25, 0.3) is 0 Å². The van der Waals surface area contributed by atoms with Crippen molar-refractivity contribution in [3.05, 3.63) is 24.3 Å². The molecule has 2 unspecified atom stereocenters. The van der Waals surface area contributed by atoms with Gasteiger partial charge in [0.1, 0.15) is 0 Å². The van der Waals surface area contributed by atoms with Crippen LogP contribution in [0.4, 0.5) is 0 Å². The Morgan fingerprint density at radius 3 is 1.16 bits per heavy atom. The minimum absolute atomic E-state index is 0.00354. The fourth-order valence-electron chi connectivity index (χ4n) is 8.63. The summed E-state index contributed by atoms with van der Waals surface area (Å²) in [5.41, 5.74) is 0. The van der Waals surface area contributed by atoms with Crippen LogP contribution in [0.15, 0.2) is 24.3 Å². The van der Waals surface area contributed by atoms with Crippen molar-refractivity contribution >= 4 is 11.9 Å². The summed E-state index contributed by atoms with van der Waals surface area (Å²) >= 11 is 0. The van der Waals surface area contributed by atoms with Crippen molar-refractivity contribution < 1.29 is 24.5 Å². The molecule has 0 aromatic rings. The summed E-state index contributed by atoms with van der Waals surface area (Å²) in [5.74, 6) is -0.0649. The molecular formula is C57H109NO5. The normalized spacial score (nSPS) is 12.8. The van der Waals surface area contributed by atoms with Crippen LogP contribution in [-0.2, 0) is 14.3 Å². The molecule has 63 heavy (non-hydrogen) atoms. The minimum Gasteiger partial charge on any atom is -0.466 e. The maximum absolute atomic E-state index is 12.4. The number of amides is 1. The van der Waals surface area contributed by atoms with Crippen LogP contribution in [0.3, 0.4) is 0 Å². The number of carbonyl (C=O) groups is 2. The van der Waals surface area contributed by atoms with Gasteiger partial charge in [-0.05, 0) is 57.8 Å². The zero-order valence-corrected chi connectivity index (χ0v) is 42.3. The van der Waals surface area contributed by atoms with Crippen LogP contribution in [-0.4, -0.2) is 47.4 Å². The first kappa shape index (κ1) is 61.3. The van der Waals surface area contributed by atoms with E-state index >= 15 is 0 Å². The van der Waals surface area contributed by atoms with Gasteiger partial charge in [0.2, 0.25) is 5.91 Å². The topological polar surface area (TPSA) is 95.9 Å². The highest BCUT2D eigenvalue weighted by Gasteiger charge is 2.18.